The molecule has 53 heavy (non-hydrogen) atoms. The summed E-state index contributed by atoms with van der Waals surface area (Å²) in [5.74, 6) is 1.09. The second-order valence-electron chi connectivity index (χ2n) is 15.2. The Morgan fingerprint density at radius 2 is 1.28 bits per heavy atom. The van der Waals surface area contributed by atoms with Crippen molar-refractivity contribution in [2.24, 2.45) is 17.1 Å². The monoisotopic (exact) mass is 733 g/mol. The number of hydrogen-bond donors (Lipinski definition) is 4. The molecule has 10 heteroatoms. The Hall–Kier alpha value is -5.12. The number of benzene rings is 3. The second kappa shape index (κ2) is 22.7. The molecule has 2 unspecified atom stereocenters. The van der Waals surface area contributed by atoms with Crippen LogP contribution < -0.4 is 25.8 Å². The van der Waals surface area contributed by atoms with Gasteiger partial charge in [0, 0.05) is 11.4 Å². The fraction of sp³-hybridized carbons (Fsp3) is 0.442. The van der Waals surface area contributed by atoms with Gasteiger partial charge < -0.3 is 30.9 Å². The molecule has 2 atom stereocenters. The minimum atomic E-state index is -0.366. The molecular weight excluding hydrogens is 670 g/mol. The van der Waals surface area contributed by atoms with E-state index in [0.717, 1.165) is 5.92 Å². The largest absolute Gasteiger partial charge is 0.486 e. The summed E-state index contributed by atoms with van der Waals surface area (Å²) >= 11 is 0. The Morgan fingerprint density at radius 3 is 1.64 bits per heavy atom. The van der Waals surface area contributed by atoms with Crippen LogP contribution in [-0.2, 0) is 15.0 Å². The van der Waals surface area contributed by atoms with E-state index in [0.29, 0.717) is 22.7 Å². The number of anilines is 2. The molecule has 0 spiro atoms. The molecular formula is C43H63N3O7. The Balaban J connectivity index is 0.00000199. The summed E-state index contributed by atoms with van der Waals surface area (Å²) in [6, 6.07) is 19.0. The molecule has 0 aromatic heterocycles. The van der Waals surface area contributed by atoms with E-state index in [1.165, 1.54) is 24.0 Å². The normalized spacial score (nSPS) is 14.1. The van der Waals surface area contributed by atoms with E-state index in [9.17, 15) is 9.59 Å². The first-order valence-corrected chi connectivity index (χ1v) is 17.5. The van der Waals surface area contributed by atoms with E-state index in [1.54, 1.807) is 18.2 Å². The van der Waals surface area contributed by atoms with Crippen molar-refractivity contribution in [3.05, 3.63) is 95.6 Å². The van der Waals surface area contributed by atoms with E-state index in [1.807, 2.05) is 50.2 Å². The zero-order valence-electron chi connectivity index (χ0n) is 32.5. The number of carbonyl (C=O) groups is 4. The van der Waals surface area contributed by atoms with Crippen molar-refractivity contribution in [2.75, 3.05) is 17.2 Å². The number of nitrogens with two attached hydrogens (primary N) is 1. The number of carbonyl (C=O) groups excluding carboxylic acids is 3. The van der Waals surface area contributed by atoms with Gasteiger partial charge in [0.05, 0.1) is 17.2 Å². The number of primary amides is 1. The van der Waals surface area contributed by atoms with Crippen LogP contribution >= 0.6 is 0 Å². The van der Waals surface area contributed by atoms with Crippen molar-refractivity contribution in [1.29, 1.82) is 0 Å². The van der Waals surface area contributed by atoms with E-state index >= 15 is 0 Å². The molecule has 0 bridgehead atoms. The van der Waals surface area contributed by atoms with Gasteiger partial charge in [-0.05, 0) is 90.5 Å². The van der Waals surface area contributed by atoms with Crippen LogP contribution in [0.5, 0.6) is 11.5 Å². The van der Waals surface area contributed by atoms with Gasteiger partial charge >= 0.3 is 0 Å². The maximum atomic E-state index is 13.5. The summed E-state index contributed by atoms with van der Waals surface area (Å²) < 4.78 is 12.1. The Morgan fingerprint density at radius 1 is 0.868 bits per heavy atom. The molecule has 1 fully saturated rings. The van der Waals surface area contributed by atoms with Crippen LogP contribution in [0.4, 0.5) is 11.4 Å². The van der Waals surface area contributed by atoms with E-state index < -0.39 is 0 Å². The quantitative estimate of drug-likeness (QED) is 0.113. The molecule has 10 nitrogen and oxygen atoms in total. The van der Waals surface area contributed by atoms with Crippen molar-refractivity contribution in [3.63, 3.8) is 0 Å². The highest BCUT2D eigenvalue weighted by atomic mass is 16.5. The topological polar surface area (TPSA) is 157 Å². The fourth-order valence-electron chi connectivity index (χ4n) is 4.93. The van der Waals surface area contributed by atoms with E-state index in [4.69, 9.17) is 24.2 Å². The summed E-state index contributed by atoms with van der Waals surface area (Å²) in [7, 11) is 0. The first-order valence-electron chi connectivity index (χ1n) is 17.5. The Bertz CT molecular complexity index is 1570. The molecule has 0 heterocycles. The number of ether oxygens (including phenoxy) is 2. The van der Waals surface area contributed by atoms with Crippen molar-refractivity contribution in [2.45, 2.75) is 107 Å². The average Bonchev–Trinajstić information content (AvgIpc) is 3.84. The lowest BCUT2D eigenvalue weighted by Gasteiger charge is -2.21. The molecule has 4 rings (SSSR count). The predicted octanol–water partition coefficient (Wildman–Crippen LogP) is 9.85. The van der Waals surface area contributed by atoms with Gasteiger partial charge in [0.25, 0.3) is 18.3 Å². The predicted molar refractivity (Wildman–Crippen MR) is 217 cm³/mol. The smallest absolute Gasteiger partial charge is 0.290 e. The third-order valence-electron chi connectivity index (χ3n) is 7.35. The molecule has 3 aromatic rings. The molecule has 1 saturated carbocycles. The Kier molecular flexibility index (Phi) is 20.5. The molecule has 3 aromatic carbocycles. The molecule has 1 aliphatic rings. The van der Waals surface area contributed by atoms with Crippen molar-refractivity contribution in [3.8, 4) is 11.5 Å². The van der Waals surface area contributed by atoms with Crippen molar-refractivity contribution in [1.82, 2.24) is 0 Å². The van der Waals surface area contributed by atoms with E-state index in [2.05, 4.69) is 90.5 Å². The fourth-order valence-corrected chi connectivity index (χ4v) is 4.93. The van der Waals surface area contributed by atoms with Crippen molar-refractivity contribution >= 4 is 36.1 Å². The first-order chi connectivity index (χ1) is 24.3. The van der Waals surface area contributed by atoms with Crippen LogP contribution in [-0.4, -0.2) is 42.5 Å². The highest BCUT2D eigenvalue weighted by Gasteiger charge is 2.36. The number of amides is 3. The van der Waals surface area contributed by atoms with Crippen LogP contribution in [0.2, 0.25) is 0 Å². The third kappa shape index (κ3) is 17.3. The van der Waals surface area contributed by atoms with Gasteiger partial charge in [-0.15, -0.1) is 0 Å². The van der Waals surface area contributed by atoms with Gasteiger partial charge in [0.2, 0.25) is 6.41 Å². The number of hydrogen-bond acceptors (Lipinski definition) is 6. The summed E-state index contributed by atoms with van der Waals surface area (Å²) in [4.78, 5) is 43.9. The van der Waals surface area contributed by atoms with Crippen LogP contribution in [0.25, 0.3) is 0 Å². The van der Waals surface area contributed by atoms with Gasteiger partial charge in [-0.25, -0.2) is 0 Å². The van der Waals surface area contributed by atoms with Gasteiger partial charge in [-0.1, -0.05) is 106 Å². The van der Waals surface area contributed by atoms with Gasteiger partial charge in [0.1, 0.15) is 6.61 Å². The van der Waals surface area contributed by atoms with Crippen LogP contribution in [0.3, 0.4) is 0 Å². The van der Waals surface area contributed by atoms with Gasteiger partial charge in [-0.3, -0.25) is 19.2 Å². The molecule has 5 N–H and O–H groups in total. The zero-order valence-corrected chi connectivity index (χ0v) is 32.5. The van der Waals surface area contributed by atoms with Gasteiger partial charge in [0.15, 0.2) is 11.5 Å². The molecule has 1 aliphatic carbocycles. The average molecular weight is 734 g/mol. The molecule has 0 saturated heterocycles. The summed E-state index contributed by atoms with van der Waals surface area (Å²) in [5, 5.41) is 12.8. The maximum absolute atomic E-state index is 13.5. The molecule has 0 radical (unpaired) electrons. The second-order valence-corrected chi connectivity index (χ2v) is 15.2. The lowest BCUT2D eigenvalue weighted by Crippen LogP contribution is -2.20. The SMILES string of the molecule is C.C=CCOc1c(C(=O)Nc2ccc(C(C)(C)C)cc2)ccc(C(=O)Nc2ccc(C3CC3CC)cc2)c1OC(C)C.CC(C)(C)C.NC=O.O=CO. The van der Waals surface area contributed by atoms with Crippen LogP contribution in [0.1, 0.15) is 127 Å². The number of nitrogens with one attached hydrogen (secondary N) is 2. The number of carboxylic acid groups (broad SMARTS) is 1. The molecule has 292 valence electrons. The van der Waals surface area contributed by atoms with E-state index in [-0.39, 0.29) is 72.9 Å². The minimum Gasteiger partial charge on any atom is -0.486 e. The molecule has 3 amide bonds. The standard InChI is InChI=1S/C35H42N2O4.C5H12.CH3NO.CH2O2.CH4/c1-8-20-40-31-28(33(38)37-27-16-12-25(13-17-27)35(5,6)7)18-19-29(32(31)41-22(3)4)34(39)36-26-14-10-24(11-15-26)30-21-23(30)9-2;1-5(2,3)4;2*2-1-3;/h8,10-19,22-23,30H,1,9,20-21H2,2-7H3,(H,36,39)(H,37,38);1-4H3;1H,(H2,2,3);1H,(H,2,3);1H4. The summed E-state index contributed by atoms with van der Waals surface area (Å²) in [5.41, 5.74) is 9.04. The minimum absolute atomic E-state index is 0. The molecule has 0 aliphatic heterocycles. The van der Waals surface area contributed by atoms with Crippen LogP contribution in [0, 0.1) is 11.3 Å². The zero-order chi connectivity index (χ0) is 39.6. The first kappa shape index (κ1) is 47.9. The number of rotatable bonds is 11. The highest BCUT2D eigenvalue weighted by Crippen LogP contribution is 2.49. The third-order valence-corrected chi connectivity index (χ3v) is 7.35. The Labute approximate surface area is 317 Å². The summed E-state index contributed by atoms with van der Waals surface area (Å²) in [6.07, 6.45) is 3.99. The lowest BCUT2D eigenvalue weighted by molar-refractivity contribution is -0.122. The van der Waals surface area contributed by atoms with Gasteiger partial charge in [-0.2, -0.15) is 0 Å². The van der Waals surface area contributed by atoms with Crippen LogP contribution in [0.15, 0.2) is 73.3 Å². The highest BCUT2D eigenvalue weighted by molar-refractivity contribution is 6.11. The van der Waals surface area contributed by atoms with Crippen molar-refractivity contribution < 1.29 is 33.8 Å². The maximum Gasteiger partial charge on any atom is 0.290 e. The lowest BCUT2D eigenvalue weighted by atomic mass is 9.87. The summed E-state index contributed by atoms with van der Waals surface area (Å²) in [6.45, 7) is 24.8.